The van der Waals surface area contributed by atoms with Crippen LogP contribution in [-0.2, 0) is 16.1 Å². The molecule has 1 atom stereocenters. The van der Waals surface area contributed by atoms with Crippen molar-refractivity contribution in [1.82, 2.24) is 0 Å². The van der Waals surface area contributed by atoms with Crippen LogP contribution in [0.3, 0.4) is 0 Å². The zero-order valence-corrected chi connectivity index (χ0v) is 9.18. The first-order valence-electron chi connectivity index (χ1n) is 4.25. The van der Waals surface area contributed by atoms with E-state index in [1.165, 1.54) is 0 Å². The van der Waals surface area contributed by atoms with E-state index in [2.05, 4.69) is 9.24 Å². The van der Waals surface area contributed by atoms with E-state index in [1.54, 1.807) is 7.11 Å². The van der Waals surface area contributed by atoms with Crippen LogP contribution in [0.4, 0.5) is 0 Å². The van der Waals surface area contributed by atoms with Gasteiger partial charge in [-0.25, -0.2) is 0 Å². The second kappa shape index (κ2) is 5.61. The average Bonchev–Trinajstić information content (AvgIpc) is 2.26. The fourth-order valence-electron chi connectivity index (χ4n) is 0.945. The lowest BCUT2D eigenvalue weighted by Gasteiger charge is -2.04. The molecule has 1 aromatic carbocycles. The zero-order valence-electron chi connectivity index (χ0n) is 8.03. The number of esters is 1. The first kappa shape index (κ1) is 11.0. The molecule has 3 nitrogen and oxygen atoms in total. The Labute approximate surface area is 85.6 Å². The molecule has 1 unspecified atom stereocenters. The van der Waals surface area contributed by atoms with Gasteiger partial charge in [-0.05, 0) is 17.7 Å². The van der Waals surface area contributed by atoms with Crippen molar-refractivity contribution in [3.05, 3.63) is 29.8 Å². The number of methoxy groups -OCH3 is 1. The molecule has 14 heavy (non-hydrogen) atoms. The van der Waals surface area contributed by atoms with Gasteiger partial charge in [0.25, 0.3) is 0 Å². The molecule has 4 heteroatoms. The molecule has 0 fully saturated rings. The Morgan fingerprint density at radius 2 is 2.00 bits per heavy atom. The van der Waals surface area contributed by atoms with E-state index in [1.807, 2.05) is 24.3 Å². The normalized spacial score (nSPS) is 9.57. The van der Waals surface area contributed by atoms with E-state index in [4.69, 9.17) is 9.47 Å². The van der Waals surface area contributed by atoms with Gasteiger partial charge in [0.15, 0.2) is 0 Å². The van der Waals surface area contributed by atoms with Crippen molar-refractivity contribution in [1.29, 1.82) is 0 Å². The maximum absolute atomic E-state index is 10.8. The third-order valence-electron chi connectivity index (χ3n) is 1.73. The van der Waals surface area contributed by atoms with E-state index >= 15 is 0 Å². The maximum atomic E-state index is 10.8. The Bertz CT molecular complexity index is 295. The van der Waals surface area contributed by atoms with Crippen molar-refractivity contribution in [3.8, 4) is 5.75 Å². The highest BCUT2D eigenvalue weighted by molar-refractivity contribution is 7.18. The second-order valence-electron chi connectivity index (χ2n) is 2.71. The number of ether oxygens (including phenoxy) is 2. The van der Waals surface area contributed by atoms with Crippen LogP contribution in [0.5, 0.6) is 5.75 Å². The van der Waals surface area contributed by atoms with Gasteiger partial charge in [-0.15, -0.1) is 9.24 Å². The molecule has 0 saturated carbocycles. The predicted octanol–water partition coefficient (Wildman–Crippen LogP) is 1.61. The summed E-state index contributed by atoms with van der Waals surface area (Å²) < 4.78 is 9.96. The molecule has 0 saturated heterocycles. The summed E-state index contributed by atoms with van der Waals surface area (Å²) in [4.78, 5) is 10.8. The molecule has 0 N–H and O–H groups in total. The summed E-state index contributed by atoms with van der Waals surface area (Å²) in [7, 11) is 3.94. The van der Waals surface area contributed by atoms with Gasteiger partial charge in [-0.3, -0.25) is 4.79 Å². The summed E-state index contributed by atoms with van der Waals surface area (Å²) in [5.41, 5.74) is 0.956. The Hall–Kier alpha value is -1.08. The summed E-state index contributed by atoms with van der Waals surface area (Å²) >= 11 is 0. The highest BCUT2D eigenvalue weighted by Gasteiger charge is 1.99. The lowest BCUT2D eigenvalue weighted by atomic mass is 10.2. The molecular weight excluding hydrogens is 199 g/mol. The molecule has 0 bridgehead atoms. The minimum absolute atomic E-state index is 0.217. The smallest absolute Gasteiger partial charge is 0.309 e. The van der Waals surface area contributed by atoms with Crippen molar-refractivity contribution in [2.75, 3.05) is 13.3 Å². The molecule has 0 aromatic heterocycles. The van der Waals surface area contributed by atoms with Gasteiger partial charge in [-0.1, -0.05) is 12.1 Å². The minimum atomic E-state index is -0.217. The van der Waals surface area contributed by atoms with Crippen LogP contribution in [0.25, 0.3) is 0 Å². The van der Waals surface area contributed by atoms with Gasteiger partial charge in [0, 0.05) is 0 Å². The summed E-state index contributed by atoms with van der Waals surface area (Å²) in [5, 5.41) is 0. The van der Waals surface area contributed by atoms with Gasteiger partial charge in [0.2, 0.25) is 0 Å². The maximum Gasteiger partial charge on any atom is 0.309 e. The Morgan fingerprint density at radius 3 is 2.50 bits per heavy atom. The lowest BCUT2D eigenvalue weighted by Crippen LogP contribution is -2.04. The highest BCUT2D eigenvalue weighted by Crippen LogP contribution is 2.11. The van der Waals surface area contributed by atoms with Crippen molar-refractivity contribution in [3.63, 3.8) is 0 Å². The molecule has 76 valence electrons. The van der Waals surface area contributed by atoms with Crippen molar-refractivity contribution in [2.24, 2.45) is 0 Å². The number of carbonyl (C=O) groups excluding carboxylic acids is 1. The van der Waals surface area contributed by atoms with Crippen molar-refractivity contribution >= 4 is 15.2 Å². The van der Waals surface area contributed by atoms with Crippen LogP contribution in [0.1, 0.15) is 5.56 Å². The van der Waals surface area contributed by atoms with Gasteiger partial charge < -0.3 is 9.47 Å². The molecule has 0 aliphatic heterocycles. The molecule has 1 rings (SSSR count). The number of hydrogen-bond acceptors (Lipinski definition) is 3. The van der Waals surface area contributed by atoms with Gasteiger partial charge >= 0.3 is 5.97 Å². The van der Waals surface area contributed by atoms with Gasteiger partial charge in [0.1, 0.15) is 12.4 Å². The van der Waals surface area contributed by atoms with Crippen LogP contribution in [0.15, 0.2) is 24.3 Å². The summed E-state index contributed by atoms with van der Waals surface area (Å²) in [6.07, 6.45) is 0.330. The lowest BCUT2D eigenvalue weighted by molar-refractivity contribution is -0.141. The number of benzene rings is 1. The van der Waals surface area contributed by atoms with E-state index in [9.17, 15) is 4.79 Å². The van der Waals surface area contributed by atoms with Crippen LogP contribution >= 0.6 is 9.24 Å². The van der Waals surface area contributed by atoms with E-state index < -0.39 is 0 Å². The van der Waals surface area contributed by atoms with Gasteiger partial charge in [0.05, 0.1) is 13.3 Å². The first-order chi connectivity index (χ1) is 6.76. The first-order valence-corrected chi connectivity index (χ1v) is 5.06. The average molecular weight is 212 g/mol. The number of hydrogen-bond donors (Lipinski definition) is 0. The summed E-state index contributed by atoms with van der Waals surface area (Å²) in [6.45, 7) is 0.317. The number of carbonyl (C=O) groups is 1. The van der Waals surface area contributed by atoms with Gasteiger partial charge in [-0.2, -0.15) is 0 Å². The predicted molar refractivity (Wildman–Crippen MR) is 57.4 cm³/mol. The van der Waals surface area contributed by atoms with Crippen LogP contribution in [0.2, 0.25) is 0 Å². The van der Waals surface area contributed by atoms with Crippen LogP contribution < -0.4 is 4.74 Å². The topological polar surface area (TPSA) is 35.5 Å². The summed E-state index contributed by atoms with van der Waals surface area (Å²) in [5.74, 6) is 0.581. The molecule has 0 radical (unpaired) electrons. The molecule has 0 aliphatic rings. The summed E-state index contributed by atoms with van der Waals surface area (Å²) in [6, 6.07) is 7.41. The Balaban J connectivity index is 2.47. The SMILES string of the molecule is COc1ccc(COC(=O)CP)cc1. The Morgan fingerprint density at radius 1 is 1.36 bits per heavy atom. The molecule has 0 aliphatic carbocycles. The molecule has 0 heterocycles. The van der Waals surface area contributed by atoms with E-state index in [0.717, 1.165) is 11.3 Å². The Kier molecular flexibility index (Phi) is 4.41. The van der Waals surface area contributed by atoms with E-state index in [-0.39, 0.29) is 5.97 Å². The second-order valence-corrected chi connectivity index (χ2v) is 3.12. The molecule has 1 aromatic rings. The van der Waals surface area contributed by atoms with Crippen molar-refractivity contribution < 1.29 is 14.3 Å². The monoisotopic (exact) mass is 212 g/mol. The highest BCUT2D eigenvalue weighted by atomic mass is 31.0. The third-order valence-corrected chi connectivity index (χ3v) is 2.06. The van der Waals surface area contributed by atoms with Crippen molar-refractivity contribution in [2.45, 2.75) is 6.61 Å². The van der Waals surface area contributed by atoms with E-state index in [0.29, 0.717) is 12.8 Å². The third kappa shape index (κ3) is 3.35. The minimum Gasteiger partial charge on any atom is -0.497 e. The van der Waals surface area contributed by atoms with Crippen LogP contribution in [0, 0.1) is 0 Å². The molecule has 0 amide bonds. The van der Waals surface area contributed by atoms with Crippen LogP contribution in [-0.4, -0.2) is 19.2 Å². The zero-order chi connectivity index (χ0) is 10.4. The largest absolute Gasteiger partial charge is 0.497 e. The quantitative estimate of drug-likeness (QED) is 0.562. The fourth-order valence-corrected chi connectivity index (χ4v) is 1.06. The fraction of sp³-hybridized carbons (Fsp3) is 0.300. The molecule has 0 spiro atoms. The standard InChI is InChI=1S/C10H13O3P/c1-12-9-4-2-8(3-5-9)6-13-10(11)7-14/h2-5H,6-7,14H2,1H3. The number of rotatable bonds is 4. The molecular formula is C10H13O3P.